The molecular formula is C22H20Cl2N2O3S. The molecule has 0 bridgehead atoms. The number of carbonyl (C=O) groups is 1. The highest BCUT2D eigenvalue weighted by Gasteiger charge is 2.27. The average Bonchev–Trinajstić information content (AvgIpc) is 2.70. The molecule has 0 aromatic heterocycles. The third kappa shape index (κ3) is 4.95. The number of amides is 1. The molecule has 0 fully saturated rings. The van der Waals surface area contributed by atoms with Crippen LogP contribution < -0.4 is 9.62 Å². The van der Waals surface area contributed by atoms with Crippen LogP contribution in [0.2, 0.25) is 10.0 Å². The predicted octanol–water partition coefficient (Wildman–Crippen LogP) is 5.44. The molecular weight excluding hydrogens is 443 g/mol. The molecule has 1 N–H and O–H groups in total. The highest BCUT2D eigenvalue weighted by molar-refractivity contribution is 7.92. The summed E-state index contributed by atoms with van der Waals surface area (Å²) in [7, 11) is -4.03. The Bertz CT molecular complexity index is 1180. The fraction of sp³-hybridized carbons (Fsp3) is 0.136. The van der Waals surface area contributed by atoms with E-state index in [-0.39, 0.29) is 20.6 Å². The number of nitrogens with one attached hydrogen (secondary N) is 1. The van der Waals surface area contributed by atoms with Crippen LogP contribution in [0, 0.1) is 13.8 Å². The number of anilines is 2. The highest BCUT2D eigenvalue weighted by Crippen LogP contribution is 2.30. The lowest BCUT2D eigenvalue weighted by atomic mass is 10.2. The lowest BCUT2D eigenvalue weighted by Gasteiger charge is -2.24. The molecule has 3 aromatic carbocycles. The van der Waals surface area contributed by atoms with Gasteiger partial charge in [0.2, 0.25) is 5.91 Å². The first-order valence-electron chi connectivity index (χ1n) is 9.08. The van der Waals surface area contributed by atoms with Crippen molar-refractivity contribution in [3.05, 3.63) is 87.9 Å². The van der Waals surface area contributed by atoms with Crippen LogP contribution in [-0.2, 0) is 14.8 Å². The third-order valence-corrected chi connectivity index (χ3v) is 7.03. The molecule has 1 amide bonds. The molecule has 5 nitrogen and oxygen atoms in total. The van der Waals surface area contributed by atoms with Crippen LogP contribution in [0.4, 0.5) is 11.4 Å². The van der Waals surface area contributed by atoms with Crippen molar-refractivity contribution >= 4 is 50.5 Å². The standard InChI is InChI=1S/C22H20Cl2N2O3S/c1-15-7-10-18(11-8-15)30(28,29)26(17-9-12-19(23)20(24)13-17)14-22(27)25-21-6-4-3-5-16(21)2/h3-13H,14H2,1-2H3,(H,25,27). The predicted molar refractivity (Wildman–Crippen MR) is 122 cm³/mol. The normalized spacial score (nSPS) is 11.2. The van der Waals surface area contributed by atoms with Gasteiger partial charge in [-0.25, -0.2) is 8.42 Å². The van der Waals surface area contributed by atoms with Crippen LogP contribution >= 0.6 is 23.2 Å². The molecule has 0 spiro atoms. The van der Waals surface area contributed by atoms with E-state index in [0.717, 1.165) is 15.4 Å². The zero-order chi connectivity index (χ0) is 21.9. The summed E-state index contributed by atoms with van der Waals surface area (Å²) >= 11 is 12.1. The van der Waals surface area contributed by atoms with Crippen molar-refractivity contribution in [3.63, 3.8) is 0 Å². The summed E-state index contributed by atoms with van der Waals surface area (Å²) in [6.07, 6.45) is 0. The molecule has 0 unspecified atom stereocenters. The smallest absolute Gasteiger partial charge is 0.264 e. The van der Waals surface area contributed by atoms with Gasteiger partial charge in [-0.2, -0.15) is 0 Å². The largest absolute Gasteiger partial charge is 0.324 e. The van der Waals surface area contributed by atoms with E-state index >= 15 is 0 Å². The maximum absolute atomic E-state index is 13.4. The molecule has 0 saturated heterocycles. The molecule has 0 heterocycles. The minimum Gasteiger partial charge on any atom is -0.324 e. The van der Waals surface area contributed by atoms with E-state index in [1.807, 2.05) is 26.0 Å². The number of halogens is 2. The molecule has 8 heteroatoms. The minimum atomic E-state index is -4.03. The van der Waals surface area contributed by atoms with E-state index in [2.05, 4.69) is 5.32 Å². The van der Waals surface area contributed by atoms with E-state index in [1.54, 1.807) is 24.3 Å². The Labute approximate surface area is 186 Å². The van der Waals surface area contributed by atoms with Crippen LogP contribution in [0.25, 0.3) is 0 Å². The lowest BCUT2D eigenvalue weighted by molar-refractivity contribution is -0.114. The second-order valence-electron chi connectivity index (χ2n) is 6.79. The second kappa shape index (κ2) is 9.08. The van der Waals surface area contributed by atoms with Gasteiger partial charge in [0.1, 0.15) is 6.54 Å². The van der Waals surface area contributed by atoms with Gasteiger partial charge in [0.15, 0.2) is 0 Å². The molecule has 0 aliphatic heterocycles. The molecule has 0 aliphatic carbocycles. The van der Waals surface area contributed by atoms with Gasteiger partial charge in [-0.15, -0.1) is 0 Å². The third-order valence-electron chi connectivity index (χ3n) is 4.51. The molecule has 30 heavy (non-hydrogen) atoms. The van der Waals surface area contributed by atoms with Crippen molar-refractivity contribution in [1.29, 1.82) is 0 Å². The van der Waals surface area contributed by atoms with E-state index < -0.39 is 22.5 Å². The number of benzene rings is 3. The van der Waals surface area contributed by atoms with Gasteiger partial charge in [0, 0.05) is 5.69 Å². The van der Waals surface area contributed by atoms with Gasteiger partial charge in [-0.05, 0) is 55.8 Å². The summed E-state index contributed by atoms with van der Waals surface area (Å²) in [5.41, 5.74) is 2.65. The number of sulfonamides is 1. The first-order valence-corrected chi connectivity index (χ1v) is 11.3. The van der Waals surface area contributed by atoms with Gasteiger partial charge < -0.3 is 5.32 Å². The van der Waals surface area contributed by atoms with Crippen LogP contribution in [0.15, 0.2) is 71.6 Å². The van der Waals surface area contributed by atoms with Crippen LogP contribution in [0.1, 0.15) is 11.1 Å². The second-order valence-corrected chi connectivity index (χ2v) is 9.46. The van der Waals surface area contributed by atoms with Crippen molar-refractivity contribution in [2.45, 2.75) is 18.7 Å². The van der Waals surface area contributed by atoms with Gasteiger partial charge in [0.25, 0.3) is 10.0 Å². The van der Waals surface area contributed by atoms with Gasteiger partial charge in [-0.1, -0.05) is 59.1 Å². The number of nitrogens with zero attached hydrogens (tertiary/aromatic N) is 1. The summed E-state index contributed by atoms with van der Waals surface area (Å²) in [4.78, 5) is 12.8. The molecule has 3 rings (SSSR count). The first-order chi connectivity index (χ1) is 14.2. The number of rotatable bonds is 6. The topological polar surface area (TPSA) is 66.5 Å². The lowest BCUT2D eigenvalue weighted by Crippen LogP contribution is -2.38. The Balaban J connectivity index is 1.99. The van der Waals surface area contributed by atoms with Crippen LogP contribution in [-0.4, -0.2) is 20.9 Å². The summed E-state index contributed by atoms with van der Waals surface area (Å²) in [6, 6.07) is 18.1. The zero-order valence-electron chi connectivity index (χ0n) is 16.4. The molecule has 0 atom stereocenters. The number of hydrogen-bond acceptors (Lipinski definition) is 3. The number of para-hydroxylation sites is 1. The number of hydrogen-bond donors (Lipinski definition) is 1. The Morgan fingerprint density at radius 1 is 0.933 bits per heavy atom. The van der Waals surface area contributed by atoms with Crippen molar-refractivity contribution < 1.29 is 13.2 Å². The van der Waals surface area contributed by atoms with Crippen LogP contribution in [0.3, 0.4) is 0 Å². The Hall–Kier alpha value is -2.54. The fourth-order valence-corrected chi connectivity index (χ4v) is 4.53. The first kappa shape index (κ1) is 22.2. The molecule has 0 saturated carbocycles. The van der Waals surface area contributed by atoms with E-state index in [9.17, 15) is 13.2 Å². The Kier molecular flexibility index (Phi) is 6.71. The number of carbonyl (C=O) groups excluding carboxylic acids is 1. The Morgan fingerprint density at radius 2 is 1.60 bits per heavy atom. The quantitative estimate of drug-likeness (QED) is 0.529. The van der Waals surface area contributed by atoms with Crippen molar-refractivity contribution in [2.24, 2.45) is 0 Å². The van der Waals surface area contributed by atoms with Crippen LogP contribution in [0.5, 0.6) is 0 Å². The van der Waals surface area contributed by atoms with E-state index in [1.165, 1.54) is 30.3 Å². The summed E-state index contributed by atoms with van der Waals surface area (Å²) in [5, 5.41) is 3.25. The highest BCUT2D eigenvalue weighted by atomic mass is 35.5. The molecule has 0 aliphatic rings. The average molecular weight is 463 g/mol. The SMILES string of the molecule is Cc1ccc(S(=O)(=O)N(CC(=O)Nc2ccccc2C)c2ccc(Cl)c(Cl)c2)cc1. The van der Waals surface area contributed by atoms with Gasteiger partial charge in [0.05, 0.1) is 20.6 Å². The van der Waals surface area contributed by atoms with E-state index in [4.69, 9.17) is 23.2 Å². The van der Waals surface area contributed by atoms with E-state index in [0.29, 0.717) is 5.69 Å². The monoisotopic (exact) mass is 462 g/mol. The van der Waals surface area contributed by atoms with Crippen molar-refractivity contribution in [1.82, 2.24) is 0 Å². The fourth-order valence-electron chi connectivity index (χ4n) is 2.83. The minimum absolute atomic E-state index is 0.0721. The Morgan fingerprint density at radius 3 is 2.23 bits per heavy atom. The maximum atomic E-state index is 13.4. The summed E-state index contributed by atoms with van der Waals surface area (Å²) in [5.74, 6) is -0.481. The molecule has 0 radical (unpaired) electrons. The van der Waals surface area contributed by atoms with Crippen molar-refractivity contribution in [2.75, 3.05) is 16.2 Å². The maximum Gasteiger partial charge on any atom is 0.264 e. The van der Waals surface area contributed by atoms with Gasteiger partial charge in [-0.3, -0.25) is 9.10 Å². The zero-order valence-corrected chi connectivity index (χ0v) is 18.7. The summed E-state index contributed by atoms with van der Waals surface area (Å²) < 4.78 is 27.8. The summed E-state index contributed by atoms with van der Waals surface area (Å²) in [6.45, 7) is 3.29. The molecule has 156 valence electrons. The molecule has 3 aromatic rings. The van der Waals surface area contributed by atoms with Crippen molar-refractivity contribution in [3.8, 4) is 0 Å². The number of aryl methyl sites for hydroxylation is 2. The van der Waals surface area contributed by atoms with Gasteiger partial charge >= 0.3 is 0 Å².